The summed E-state index contributed by atoms with van der Waals surface area (Å²) in [7, 11) is -7.01. The Morgan fingerprint density at radius 1 is 0.548 bits per heavy atom. The summed E-state index contributed by atoms with van der Waals surface area (Å²) in [6, 6.07) is 9.94. The molecule has 1 aliphatic carbocycles. The summed E-state index contributed by atoms with van der Waals surface area (Å²) in [5, 5.41) is 3.77. The van der Waals surface area contributed by atoms with E-state index in [9.17, 15) is 17.3 Å². The van der Waals surface area contributed by atoms with Crippen LogP contribution in [-0.4, -0.2) is 29.9 Å². The Morgan fingerprint density at radius 2 is 0.762 bits per heavy atom. The van der Waals surface area contributed by atoms with Crippen LogP contribution >= 0.6 is 15.8 Å². The van der Waals surface area contributed by atoms with Crippen LogP contribution in [0.2, 0.25) is 0 Å². The quantitative estimate of drug-likeness (QED) is 0.119. The van der Waals surface area contributed by atoms with Crippen LogP contribution in [0, 0.1) is 47.4 Å². The number of hydrogen-bond donors (Lipinski definition) is 0. The molecule has 42 heavy (non-hydrogen) atoms. The standard InChI is InChI=1S/C26H44P2.C8H8.BF4.Rh/c1-17(2)21-13-14-22(18(3)4)27(21)25-11-9-10-12-26(25)28-23(19(5)6)15-16-24(28)20(7)8;1-2-4-6-8-7-5-3-1;2-1(3,4)5;/h9-12,17-24H,13-16H2,1-8H3;1-2,7-8H2;;/q;;-1;/p+2/t21-,22-,23-,24-;;;/m1.../s1. The third-order valence-corrected chi connectivity index (χ3v) is 18.3. The molecule has 0 aromatic heterocycles. The van der Waals surface area contributed by atoms with Crippen LogP contribution in [0.1, 0.15) is 107 Å². The van der Waals surface area contributed by atoms with Gasteiger partial charge in [-0.1, -0.05) is 67.5 Å². The topological polar surface area (TPSA) is 0 Å². The van der Waals surface area contributed by atoms with Crippen LogP contribution in [0.15, 0.2) is 24.3 Å². The van der Waals surface area contributed by atoms with Crippen molar-refractivity contribution in [2.24, 2.45) is 23.7 Å². The predicted octanol–water partition coefficient (Wildman–Crippen LogP) is 9.92. The maximum absolute atomic E-state index is 9.75. The van der Waals surface area contributed by atoms with Crippen molar-refractivity contribution in [1.29, 1.82) is 0 Å². The molecule has 239 valence electrons. The van der Waals surface area contributed by atoms with E-state index < -0.39 is 23.1 Å². The fourth-order valence-corrected chi connectivity index (χ4v) is 16.8. The van der Waals surface area contributed by atoms with Gasteiger partial charge in [0.25, 0.3) is 0 Å². The summed E-state index contributed by atoms with van der Waals surface area (Å²) in [4.78, 5) is 0. The Balaban J connectivity index is 0.000000522. The zero-order valence-electron chi connectivity index (χ0n) is 27.0. The number of rotatable bonds is 6. The fraction of sp³-hybridized carbons (Fsp3) is 0.706. The molecular formula is C34H54BF4P2Rh+. The van der Waals surface area contributed by atoms with Gasteiger partial charge in [-0.05, 0) is 61.5 Å². The number of halogens is 4. The first kappa shape index (κ1) is 39.6. The second-order valence-corrected chi connectivity index (χ2v) is 19.1. The van der Waals surface area contributed by atoms with E-state index in [1.807, 2.05) is 10.6 Å². The molecule has 8 heteroatoms. The van der Waals surface area contributed by atoms with Gasteiger partial charge in [0.2, 0.25) is 0 Å². The minimum atomic E-state index is -6.00. The smallest absolute Gasteiger partial charge is 0.418 e. The molecule has 0 amide bonds. The molecule has 1 aromatic rings. The van der Waals surface area contributed by atoms with Gasteiger partial charge in [0.05, 0.1) is 22.6 Å². The molecule has 2 heterocycles. The summed E-state index contributed by atoms with van der Waals surface area (Å²) < 4.78 is 39.0. The molecule has 2 fully saturated rings. The van der Waals surface area contributed by atoms with Gasteiger partial charge in [-0.3, -0.25) is 0 Å². The minimum absolute atomic E-state index is 0. The first-order valence-electron chi connectivity index (χ1n) is 15.9. The largest absolute Gasteiger partial charge is 0.673 e. The van der Waals surface area contributed by atoms with Crippen LogP contribution in [0.25, 0.3) is 0 Å². The van der Waals surface area contributed by atoms with E-state index in [1.54, 1.807) is 0 Å². The number of benzene rings is 1. The van der Waals surface area contributed by atoms with Crippen molar-refractivity contribution in [3.8, 4) is 23.7 Å². The summed E-state index contributed by atoms with van der Waals surface area (Å²) in [6.07, 6.45) is 9.78. The van der Waals surface area contributed by atoms with E-state index in [-0.39, 0.29) is 19.5 Å². The maximum atomic E-state index is 9.75. The average molecular weight is 714 g/mol. The van der Waals surface area contributed by atoms with E-state index in [4.69, 9.17) is 0 Å². The first-order valence-corrected chi connectivity index (χ1v) is 19.2. The molecule has 1 radical (unpaired) electrons. The Kier molecular flexibility index (Phi) is 18.1. The van der Waals surface area contributed by atoms with Crippen molar-refractivity contribution in [3.05, 3.63) is 24.3 Å². The van der Waals surface area contributed by atoms with Gasteiger partial charge < -0.3 is 17.3 Å². The Hall–Kier alpha value is -0.392. The van der Waals surface area contributed by atoms with E-state index >= 15 is 0 Å². The van der Waals surface area contributed by atoms with Crippen LogP contribution in [-0.2, 0) is 19.5 Å². The predicted molar refractivity (Wildman–Crippen MR) is 180 cm³/mol. The molecule has 2 aliphatic heterocycles. The van der Waals surface area contributed by atoms with Crippen molar-refractivity contribution >= 4 is 33.7 Å². The van der Waals surface area contributed by atoms with Gasteiger partial charge in [-0.2, -0.15) is 0 Å². The zero-order valence-corrected chi connectivity index (χ0v) is 30.6. The second kappa shape index (κ2) is 19.2. The fourth-order valence-electron chi connectivity index (χ4n) is 7.05. The molecule has 0 saturated carbocycles. The summed E-state index contributed by atoms with van der Waals surface area (Å²) >= 11 is 0. The molecule has 0 unspecified atom stereocenters. The molecule has 4 rings (SSSR count). The SMILES string of the molecule is C1#CCCC#CCC1.CC(C)[C@H]1CC[C@H](C(C)C)[PH+]1c1ccccc1[PH+]1[C@@H](C(C)C)CC[C@@H]1C(C)C.F[B-](F)(F)F.[Rh]. The third-order valence-electron chi connectivity index (χ3n) is 8.94. The maximum Gasteiger partial charge on any atom is 0.673 e. The zero-order chi connectivity index (χ0) is 30.7. The summed E-state index contributed by atoms with van der Waals surface area (Å²) in [5.41, 5.74) is 3.88. The van der Waals surface area contributed by atoms with Crippen LogP contribution < -0.4 is 10.6 Å². The van der Waals surface area contributed by atoms with Gasteiger partial charge in [0, 0.05) is 61.0 Å². The van der Waals surface area contributed by atoms with E-state index in [1.165, 1.54) is 25.7 Å². The molecule has 1 aromatic carbocycles. The molecule has 0 N–H and O–H groups in total. The molecule has 0 nitrogen and oxygen atoms in total. The van der Waals surface area contributed by atoms with Crippen molar-refractivity contribution in [2.45, 2.75) is 129 Å². The van der Waals surface area contributed by atoms with Crippen molar-refractivity contribution < 1.29 is 36.7 Å². The minimum Gasteiger partial charge on any atom is -0.418 e. The molecular weight excluding hydrogens is 660 g/mol. The monoisotopic (exact) mass is 714 g/mol. The van der Waals surface area contributed by atoms with Crippen molar-refractivity contribution in [2.75, 3.05) is 0 Å². The molecule has 3 aliphatic rings. The summed E-state index contributed by atoms with van der Waals surface area (Å²) in [5.74, 6) is 15.5. The molecule has 0 bridgehead atoms. The third kappa shape index (κ3) is 12.5. The van der Waals surface area contributed by atoms with Crippen LogP contribution in [0.5, 0.6) is 0 Å². The first-order chi connectivity index (χ1) is 19.2. The Morgan fingerprint density at radius 3 is 0.952 bits per heavy atom. The number of hydrogen-bond acceptors (Lipinski definition) is 0. The second-order valence-electron chi connectivity index (χ2n) is 13.2. The van der Waals surface area contributed by atoms with E-state index in [0.29, 0.717) is 0 Å². The molecule has 4 atom stereocenters. The summed E-state index contributed by atoms with van der Waals surface area (Å²) in [6.45, 7) is 20.0. The molecule has 0 spiro atoms. The van der Waals surface area contributed by atoms with E-state index in [2.05, 4.69) is 103 Å². The normalized spacial score (nSPS) is 24.4. The van der Waals surface area contributed by atoms with Gasteiger partial charge in [-0.15, -0.1) is 23.7 Å². The van der Waals surface area contributed by atoms with E-state index in [0.717, 1.165) is 72.0 Å². The molecule has 2 saturated heterocycles. The van der Waals surface area contributed by atoms with Crippen LogP contribution in [0.4, 0.5) is 17.3 Å². The van der Waals surface area contributed by atoms with Gasteiger partial charge in [0.15, 0.2) is 0 Å². The van der Waals surface area contributed by atoms with Crippen molar-refractivity contribution in [3.63, 3.8) is 0 Å². The van der Waals surface area contributed by atoms with Crippen LogP contribution in [0.3, 0.4) is 0 Å². The Labute approximate surface area is 270 Å². The van der Waals surface area contributed by atoms with Gasteiger partial charge >= 0.3 is 7.25 Å². The van der Waals surface area contributed by atoms with Gasteiger partial charge in [-0.25, -0.2) is 0 Å². The average Bonchev–Trinajstić information content (AvgIpc) is 3.48. The van der Waals surface area contributed by atoms with Gasteiger partial charge in [0.1, 0.15) is 10.6 Å². The van der Waals surface area contributed by atoms with Crippen molar-refractivity contribution in [1.82, 2.24) is 0 Å². The Bertz CT molecular complexity index is 920.